The van der Waals surface area contributed by atoms with Crippen molar-refractivity contribution < 1.29 is 18.9 Å². The van der Waals surface area contributed by atoms with E-state index in [1.54, 1.807) is 0 Å². The van der Waals surface area contributed by atoms with Crippen molar-refractivity contribution in [2.24, 2.45) is 0 Å². The molecule has 4 heteroatoms. The first-order valence-electron chi connectivity index (χ1n) is 14.8. The molecule has 1 aliphatic heterocycles. The van der Waals surface area contributed by atoms with Gasteiger partial charge in [-0.15, -0.1) is 0 Å². The van der Waals surface area contributed by atoms with Crippen molar-refractivity contribution in [1.82, 2.24) is 0 Å². The number of unbranched alkanes of at least 4 members (excludes halogenated alkanes) is 13. The molecule has 0 saturated carbocycles. The molecule has 1 aromatic rings. The predicted octanol–water partition coefficient (Wildman–Crippen LogP) is 8.61. The molecule has 0 bridgehead atoms. The molecule has 0 radical (unpaired) electrons. The van der Waals surface area contributed by atoms with E-state index >= 15 is 0 Å². The largest absolute Gasteiger partial charge is 0.379 e. The topological polar surface area (TPSA) is 36.9 Å². The van der Waals surface area contributed by atoms with Gasteiger partial charge in [-0.1, -0.05) is 121 Å². The quantitative estimate of drug-likeness (QED) is 0.144. The van der Waals surface area contributed by atoms with E-state index in [1.807, 2.05) is 18.2 Å². The van der Waals surface area contributed by atoms with Crippen LogP contribution in [0.3, 0.4) is 0 Å². The first-order valence-corrected chi connectivity index (χ1v) is 14.8. The highest BCUT2D eigenvalue weighted by molar-refractivity contribution is 5.13. The van der Waals surface area contributed by atoms with Gasteiger partial charge in [0.15, 0.2) is 6.29 Å². The van der Waals surface area contributed by atoms with Crippen molar-refractivity contribution in [3.05, 3.63) is 35.9 Å². The summed E-state index contributed by atoms with van der Waals surface area (Å²) >= 11 is 0. The molecule has 0 N–H and O–H groups in total. The van der Waals surface area contributed by atoms with Gasteiger partial charge in [-0.2, -0.15) is 0 Å². The summed E-state index contributed by atoms with van der Waals surface area (Å²) in [5.74, 6) is 0. The maximum Gasteiger partial charge on any atom is 0.157 e. The number of benzene rings is 1. The van der Waals surface area contributed by atoms with Crippen LogP contribution in [0.2, 0.25) is 0 Å². The Morgan fingerprint density at radius 2 is 1.40 bits per heavy atom. The predicted molar refractivity (Wildman–Crippen MR) is 146 cm³/mol. The lowest BCUT2D eigenvalue weighted by molar-refractivity contribution is -0.186. The van der Waals surface area contributed by atoms with Crippen LogP contribution in [-0.2, 0) is 25.6 Å². The molecule has 1 heterocycles. The molecule has 1 fully saturated rings. The molecular weight excluding hydrogens is 436 g/mol. The van der Waals surface area contributed by atoms with E-state index in [2.05, 4.69) is 19.1 Å². The summed E-state index contributed by atoms with van der Waals surface area (Å²) in [7, 11) is 0. The third-order valence-electron chi connectivity index (χ3n) is 6.88. The fraction of sp³-hybridized carbons (Fsp3) is 0.806. The van der Waals surface area contributed by atoms with Crippen LogP contribution in [-0.4, -0.2) is 38.8 Å². The summed E-state index contributed by atoms with van der Waals surface area (Å²) < 4.78 is 23.8. The first-order chi connectivity index (χ1) is 17.4. The summed E-state index contributed by atoms with van der Waals surface area (Å²) in [6.07, 6.45) is 22.4. The molecule has 1 aromatic carbocycles. The normalized spacial score (nSPS) is 17.0. The van der Waals surface area contributed by atoms with Crippen LogP contribution >= 0.6 is 0 Å². The molecule has 1 saturated heterocycles. The minimum absolute atomic E-state index is 0.0626. The second-order valence-electron chi connectivity index (χ2n) is 10.2. The molecule has 2 rings (SSSR count). The number of ether oxygens (including phenoxy) is 4. The minimum Gasteiger partial charge on any atom is -0.379 e. The van der Waals surface area contributed by atoms with E-state index < -0.39 is 0 Å². The van der Waals surface area contributed by atoms with E-state index in [0.717, 1.165) is 32.5 Å². The Morgan fingerprint density at radius 3 is 2.00 bits per heavy atom. The van der Waals surface area contributed by atoms with Crippen molar-refractivity contribution >= 4 is 0 Å². The Labute approximate surface area is 216 Å². The Kier molecular flexibility index (Phi) is 19.3. The smallest absolute Gasteiger partial charge is 0.157 e. The van der Waals surface area contributed by atoms with Gasteiger partial charge in [-0.05, 0) is 31.2 Å². The van der Waals surface area contributed by atoms with Crippen LogP contribution < -0.4 is 0 Å². The minimum atomic E-state index is -0.0858. The van der Waals surface area contributed by atoms with Crippen molar-refractivity contribution in [3.63, 3.8) is 0 Å². The molecule has 0 amide bonds. The van der Waals surface area contributed by atoms with Crippen molar-refractivity contribution in [1.29, 1.82) is 0 Å². The monoisotopic (exact) mass is 490 g/mol. The third kappa shape index (κ3) is 17.2. The van der Waals surface area contributed by atoms with Crippen molar-refractivity contribution in [2.75, 3.05) is 26.4 Å². The molecule has 0 aromatic heterocycles. The van der Waals surface area contributed by atoms with Gasteiger partial charge in [-0.3, -0.25) is 0 Å². The summed E-state index contributed by atoms with van der Waals surface area (Å²) in [6, 6.07) is 10.3. The lowest BCUT2D eigenvalue weighted by Crippen LogP contribution is -2.31. The van der Waals surface area contributed by atoms with Gasteiger partial charge >= 0.3 is 0 Å². The molecule has 202 valence electrons. The molecule has 0 spiro atoms. The summed E-state index contributed by atoms with van der Waals surface area (Å²) in [5.41, 5.74) is 1.18. The zero-order chi connectivity index (χ0) is 24.7. The molecule has 4 nitrogen and oxygen atoms in total. The van der Waals surface area contributed by atoms with Crippen LogP contribution in [0, 0.1) is 0 Å². The SMILES string of the molecule is CCCCCCCCCCCCCCCCOC[C@@H](COC1CCCCO1)OCc1ccccc1. The molecule has 0 aliphatic carbocycles. The summed E-state index contributed by atoms with van der Waals surface area (Å²) in [6.45, 7) is 5.59. The first kappa shape index (κ1) is 30.3. The second kappa shape index (κ2) is 22.3. The van der Waals surface area contributed by atoms with E-state index in [1.165, 1.54) is 95.5 Å². The molecular formula is C31H54O4. The second-order valence-corrected chi connectivity index (χ2v) is 10.2. The highest BCUT2D eigenvalue weighted by Gasteiger charge is 2.18. The van der Waals surface area contributed by atoms with E-state index in [4.69, 9.17) is 18.9 Å². The lowest BCUT2D eigenvalue weighted by atomic mass is 10.0. The average Bonchev–Trinajstić information content (AvgIpc) is 2.90. The fourth-order valence-corrected chi connectivity index (χ4v) is 4.60. The van der Waals surface area contributed by atoms with Gasteiger partial charge in [0.05, 0.1) is 19.8 Å². The zero-order valence-corrected chi connectivity index (χ0v) is 22.7. The van der Waals surface area contributed by atoms with Gasteiger partial charge in [0.2, 0.25) is 0 Å². The van der Waals surface area contributed by atoms with E-state index in [9.17, 15) is 0 Å². The lowest BCUT2D eigenvalue weighted by Gasteiger charge is -2.25. The molecule has 1 unspecified atom stereocenters. The van der Waals surface area contributed by atoms with Crippen LogP contribution in [0.25, 0.3) is 0 Å². The standard InChI is InChI=1S/C31H54O4/c1-2-3-4-5-6-7-8-9-10-11-12-13-14-19-24-32-27-30(28-35-31-23-18-20-25-33-31)34-26-29-21-16-15-17-22-29/h15-17,21-22,30-31H,2-14,18-20,23-28H2,1H3/t30-,31?/m0/s1. The van der Waals surface area contributed by atoms with E-state index in [0.29, 0.717) is 19.8 Å². The van der Waals surface area contributed by atoms with Crippen LogP contribution in [0.15, 0.2) is 30.3 Å². The fourth-order valence-electron chi connectivity index (χ4n) is 4.60. The van der Waals surface area contributed by atoms with Crippen molar-refractivity contribution in [3.8, 4) is 0 Å². The van der Waals surface area contributed by atoms with Crippen molar-refractivity contribution in [2.45, 2.75) is 135 Å². The Morgan fingerprint density at radius 1 is 0.771 bits per heavy atom. The third-order valence-corrected chi connectivity index (χ3v) is 6.88. The Balaban J connectivity index is 1.45. The number of hydrogen-bond donors (Lipinski definition) is 0. The van der Waals surface area contributed by atoms with Gasteiger partial charge in [0, 0.05) is 13.2 Å². The van der Waals surface area contributed by atoms with E-state index in [-0.39, 0.29) is 12.4 Å². The van der Waals surface area contributed by atoms with Gasteiger partial charge in [0.1, 0.15) is 6.10 Å². The van der Waals surface area contributed by atoms with Crippen LogP contribution in [0.5, 0.6) is 0 Å². The maximum atomic E-state index is 6.14. The average molecular weight is 491 g/mol. The Bertz CT molecular complexity index is 558. The highest BCUT2D eigenvalue weighted by Crippen LogP contribution is 2.16. The van der Waals surface area contributed by atoms with Gasteiger partial charge in [0.25, 0.3) is 0 Å². The highest BCUT2D eigenvalue weighted by atomic mass is 16.7. The van der Waals surface area contributed by atoms with Gasteiger partial charge in [-0.25, -0.2) is 0 Å². The zero-order valence-electron chi connectivity index (χ0n) is 22.7. The molecule has 1 aliphatic rings. The van der Waals surface area contributed by atoms with Gasteiger partial charge < -0.3 is 18.9 Å². The summed E-state index contributed by atoms with van der Waals surface area (Å²) in [4.78, 5) is 0. The molecule has 35 heavy (non-hydrogen) atoms. The van der Waals surface area contributed by atoms with Crippen LogP contribution in [0.4, 0.5) is 0 Å². The number of hydrogen-bond acceptors (Lipinski definition) is 4. The summed E-state index contributed by atoms with van der Waals surface area (Å²) in [5, 5.41) is 0. The maximum absolute atomic E-state index is 6.14. The molecule has 2 atom stereocenters. The Hall–Kier alpha value is -0.940. The van der Waals surface area contributed by atoms with Crippen LogP contribution in [0.1, 0.15) is 122 Å². The number of rotatable bonds is 23.